The predicted octanol–water partition coefficient (Wildman–Crippen LogP) is 6.95. The van der Waals surface area contributed by atoms with Gasteiger partial charge in [0, 0.05) is 16.8 Å². The molecule has 1 N–H and O–H groups in total. The Labute approximate surface area is 236 Å². The molecule has 0 saturated heterocycles. The minimum Gasteiger partial charge on any atom is -0.497 e. The van der Waals surface area contributed by atoms with E-state index in [-0.39, 0.29) is 12.3 Å². The van der Waals surface area contributed by atoms with Crippen molar-refractivity contribution in [1.82, 2.24) is 19.7 Å². The molecule has 41 heavy (non-hydrogen) atoms. The van der Waals surface area contributed by atoms with Gasteiger partial charge in [-0.3, -0.25) is 0 Å². The number of ether oxygens (including phenoxy) is 2. The topological polar surface area (TPSA) is 99.4 Å². The number of hydrogen-bond acceptors (Lipinski definition) is 6. The average molecular weight is 581 g/mol. The molecule has 0 fully saturated rings. The van der Waals surface area contributed by atoms with Crippen LogP contribution in [0.5, 0.6) is 11.5 Å². The maximum Gasteiger partial charge on any atom is 0.434 e. The van der Waals surface area contributed by atoms with Gasteiger partial charge in [0.15, 0.2) is 5.69 Å². The summed E-state index contributed by atoms with van der Waals surface area (Å²) in [7, 11) is 1.61. The van der Waals surface area contributed by atoms with Gasteiger partial charge in [0.2, 0.25) is 0 Å². The SMILES string of the molecule is COc1ccc(-c2ccc(COc3ccc(Cl)cc3-c3ccnc(-n4ncc(C(=O)O)c4C(F)(F)F)n3)cc2)cc1. The Balaban J connectivity index is 1.41. The van der Waals surface area contributed by atoms with Crippen LogP contribution in [0.4, 0.5) is 13.2 Å². The van der Waals surface area contributed by atoms with Crippen LogP contribution in [0.3, 0.4) is 0 Å². The Hall–Kier alpha value is -4.90. The Bertz CT molecular complexity index is 1710. The van der Waals surface area contributed by atoms with E-state index in [9.17, 15) is 23.1 Å². The third-order valence-electron chi connectivity index (χ3n) is 6.09. The van der Waals surface area contributed by atoms with Crippen LogP contribution in [-0.2, 0) is 12.8 Å². The second-order valence-electron chi connectivity index (χ2n) is 8.72. The smallest absolute Gasteiger partial charge is 0.434 e. The molecule has 3 aromatic carbocycles. The summed E-state index contributed by atoms with van der Waals surface area (Å²) in [5, 5.41) is 13.1. The molecule has 0 bridgehead atoms. The fraction of sp³-hybridized carbons (Fsp3) is 0.103. The number of nitrogens with zero attached hydrogens (tertiary/aromatic N) is 4. The van der Waals surface area contributed by atoms with Crippen molar-refractivity contribution in [3.8, 4) is 39.8 Å². The van der Waals surface area contributed by atoms with Crippen molar-refractivity contribution in [2.45, 2.75) is 12.8 Å². The highest BCUT2D eigenvalue weighted by Gasteiger charge is 2.41. The number of carbonyl (C=O) groups is 1. The summed E-state index contributed by atoms with van der Waals surface area (Å²) >= 11 is 6.22. The Kier molecular flexibility index (Phi) is 7.62. The van der Waals surface area contributed by atoms with Crippen molar-refractivity contribution in [2.24, 2.45) is 0 Å². The van der Waals surface area contributed by atoms with Crippen LogP contribution in [-0.4, -0.2) is 37.9 Å². The molecule has 0 atom stereocenters. The summed E-state index contributed by atoms with van der Waals surface area (Å²) in [5.41, 5.74) is 0.996. The van der Waals surface area contributed by atoms with Crippen LogP contribution in [0.15, 0.2) is 85.2 Å². The normalized spacial score (nSPS) is 11.3. The van der Waals surface area contributed by atoms with E-state index < -0.39 is 29.4 Å². The standard InChI is InChI=1S/C29H20ClF3N4O4/c1-40-21-9-6-19(7-10-21)18-4-2-17(3-5-18)16-41-25-11-8-20(30)14-22(25)24-12-13-34-28(36-24)37-26(29(31,32)33)23(15-35-37)27(38)39/h2-15H,16H2,1H3,(H,38,39). The van der Waals surface area contributed by atoms with Gasteiger partial charge in [-0.1, -0.05) is 48.0 Å². The summed E-state index contributed by atoms with van der Waals surface area (Å²) in [6.45, 7) is 0.189. The van der Waals surface area contributed by atoms with Gasteiger partial charge in [-0.25, -0.2) is 14.8 Å². The van der Waals surface area contributed by atoms with Gasteiger partial charge in [-0.15, -0.1) is 0 Å². The molecule has 12 heteroatoms. The second kappa shape index (κ2) is 11.3. The van der Waals surface area contributed by atoms with E-state index in [4.69, 9.17) is 21.1 Å². The molecule has 208 valence electrons. The third kappa shape index (κ3) is 5.99. The van der Waals surface area contributed by atoms with E-state index >= 15 is 0 Å². The molecule has 0 aliphatic rings. The molecule has 8 nitrogen and oxygen atoms in total. The zero-order chi connectivity index (χ0) is 29.1. The lowest BCUT2D eigenvalue weighted by atomic mass is 10.0. The second-order valence-corrected chi connectivity index (χ2v) is 9.15. The van der Waals surface area contributed by atoms with E-state index in [0.717, 1.165) is 22.4 Å². The van der Waals surface area contributed by atoms with Crippen LogP contribution in [0.1, 0.15) is 21.6 Å². The molecule has 0 radical (unpaired) electrons. The zero-order valence-corrected chi connectivity index (χ0v) is 22.0. The van der Waals surface area contributed by atoms with E-state index in [0.29, 0.717) is 27.2 Å². The van der Waals surface area contributed by atoms with Gasteiger partial charge in [0.1, 0.15) is 23.7 Å². The summed E-state index contributed by atoms with van der Waals surface area (Å²) in [5.74, 6) is -1.10. The lowest BCUT2D eigenvalue weighted by molar-refractivity contribution is -0.143. The maximum absolute atomic E-state index is 13.7. The number of benzene rings is 3. The number of hydrogen-bond donors (Lipinski definition) is 1. The molecule has 5 aromatic rings. The highest BCUT2D eigenvalue weighted by molar-refractivity contribution is 6.31. The van der Waals surface area contributed by atoms with Crippen LogP contribution in [0, 0.1) is 0 Å². The number of halogens is 4. The van der Waals surface area contributed by atoms with Gasteiger partial charge in [-0.2, -0.15) is 23.0 Å². The van der Waals surface area contributed by atoms with Gasteiger partial charge in [0.05, 0.1) is 19.0 Å². The Morgan fingerprint density at radius 2 is 1.68 bits per heavy atom. The predicted molar refractivity (Wildman–Crippen MR) is 144 cm³/mol. The maximum atomic E-state index is 13.7. The molecule has 2 aromatic heterocycles. The highest BCUT2D eigenvalue weighted by atomic mass is 35.5. The first-order valence-electron chi connectivity index (χ1n) is 12.0. The third-order valence-corrected chi connectivity index (χ3v) is 6.32. The molecule has 5 rings (SSSR count). The first kappa shape index (κ1) is 27.7. The van der Waals surface area contributed by atoms with Gasteiger partial charge >= 0.3 is 12.1 Å². The summed E-state index contributed by atoms with van der Waals surface area (Å²) < 4.78 is 52.8. The number of methoxy groups -OCH3 is 1. The van der Waals surface area contributed by atoms with Crippen molar-refractivity contribution < 1.29 is 32.5 Å². The molecule has 0 aliphatic carbocycles. The van der Waals surface area contributed by atoms with Crippen LogP contribution >= 0.6 is 11.6 Å². The Morgan fingerprint density at radius 3 is 2.32 bits per heavy atom. The molecule has 0 saturated carbocycles. The van der Waals surface area contributed by atoms with Crippen molar-refractivity contribution in [2.75, 3.05) is 7.11 Å². The average Bonchev–Trinajstić information content (AvgIpc) is 3.44. The number of carboxylic acid groups (broad SMARTS) is 1. The number of alkyl halides is 3. The molecule has 0 aliphatic heterocycles. The zero-order valence-electron chi connectivity index (χ0n) is 21.3. The highest BCUT2D eigenvalue weighted by Crippen LogP contribution is 2.35. The van der Waals surface area contributed by atoms with Gasteiger partial charge in [0.25, 0.3) is 5.95 Å². The van der Waals surface area contributed by atoms with E-state index in [1.54, 1.807) is 25.3 Å². The van der Waals surface area contributed by atoms with Gasteiger partial charge in [-0.05, 0) is 53.1 Å². The summed E-state index contributed by atoms with van der Waals surface area (Å²) in [6.07, 6.45) is -3.17. The van der Waals surface area contributed by atoms with Gasteiger partial charge < -0.3 is 14.6 Å². The molecule has 0 amide bonds. The number of carboxylic acids is 1. The number of rotatable bonds is 8. The molecular formula is C29H20ClF3N4O4. The minimum atomic E-state index is -5.02. The largest absolute Gasteiger partial charge is 0.497 e. The fourth-order valence-electron chi connectivity index (χ4n) is 4.10. The van der Waals surface area contributed by atoms with Crippen molar-refractivity contribution in [3.63, 3.8) is 0 Å². The van der Waals surface area contributed by atoms with Crippen molar-refractivity contribution in [3.05, 3.63) is 107 Å². The first-order chi connectivity index (χ1) is 19.6. The molecular weight excluding hydrogens is 561 g/mol. The quantitative estimate of drug-likeness (QED) is 0.212. The fourth-order valence-corrected chi connectivity index (χ4v) is 4.27. The summed E-state index contributed by atoms with van der Waals surface area (Å²) in [4.78, 5) is 19.5. The van der Waals surface area contributed by atoms with Crippen molar-refractivity contribution >= 4 is 17.6 Å². The van der Waals surface area contributed by atoms with Crippen molar-refractivity contribution in [1.29, 1.82) is 0 Å². The minimum absolute atomic E-state index is 0.189. The molecule has 0 unspecified atom stereocenters. The monoisotopic (exact) mass is 580 g/mol. The first-order valence-corrected chi connectivity index (χ1v) is 12.4. The lowest BCUT2D eigenvalue weighted by Crippen LogP contribution is -2.18. The van der Waals surface area contributed by atoms with E-state index in [2.05, 4.69) is 15.1 Å². The van der Waals surface area contributed by atoms with Crippen LogP contribution in [0.2, 0.25) is 5.02 Å². The molecule has 0 spiro atoms. The van der Waals surface area contributed by atoms with E-state index in [1.807, 2.05) is 48.5 Å². The van der Waals surface area contributed by atoms with E-state index in [1.165, 1.54) is 12.3 Å². The molecule has 2 heterocycles. The number of aromatic carboxylic acids is 1. The Morgan fingerprint density at radius 1 is 1.00 bits per heavy atom. The lowest BCUT2D eigenvalue weighted by Gasteiger charge is -2.14. The van der Waals surface area contributed by atoms with Crippen LogP contribution in [0.25, 0.3) is 28.3 Å². The number of aromatic nitrogens is 4. The summed E-state index contributed by atoms with van der Waals surface area (Å²) in [6, 6.07) is 21.7. The van der Waals surface area contributed by atoms with Crippen LogP contribution < -0.4 is 9.47 Å².